The van der Waals surface area contributed by atoms with E-state index in [1.807, 2.05) is 6.20 Å². The number of imidazole rings is 1. The Morgan fingerprint density at radius 3 is 2.60 bits per heavy atom. The van der Waals surface area contributed by atoms with Gasteiger partial charge in [-0.15, -0.1) is 0 Å². The molecule has 0 amide bonds. The van der Waals surface area contributed by atoms with Crippen LogP contribution in [0, 0.1) is 0 Å². The quantitative estimate of drug-likeness (QED) is 0.251. The molecule has 0 spiro atoms. The van der Waals surface area contributed by atoms with Crippen LogP contribution >= 0.6 is 0 Å². The third kappa shape index (κ3) is 1.57. The van der Waals surface area contributed by atoms with Crippen molar-refractivity contribution in [2.75, 3.05) is 0 Å². The fraction of sp³-hybridized carbons (Fsp3) is 0.0476. The summed E-state index contributed by atoms with van der Waals surface area (Å²) < 4.78 is 6.47. The molecule has 1 aliphatic heterocycles. The molecule has 4 heteroatoms. The van der Waals surface area contributed by atoms with Crippen LogP contribution in [0.3, 0.4) is 0 Å². The molecule has 2 radical (unpaired) electrons. The molecule has 0 fully saturated rings. The Morgan fingerprint density at radius 2 is 1.72 bits per heavy atom. The average Bonchev–Trinajstić information content (AvgIpc) is 3.21. The fourth-order valence-corrected chi connectivity index (χ4v) is 4.25. The van der Waals surface area contributed by atoms with Gasteiger partial charge in [0.25, 0.3) is 0 Å². The van der Waals surface area contributed by atoms with Crippen molar-refractivity contribution in [3.63, 3.8) is 0 Å². The second-order valence-corrected chi connectivity index (χ2v) is 6.65. The minimum atomic E-state index is 0.879. The van der Waals surface area contributed by atoms with E-state index in [0.29, 0.717) is 0 Å². The van der Waals surface area contributed by atoms with Crippen molar-refractivity contribution in [3.05, 3.63) is 78.6 Å². The van der Waals surface area contributed by atoms with Gasteiger partial charge < -0.3 is 0 Å². The number of pyridine rings is 2. The summed E-state index contributed by atoms with van der Waals surface area (Å²) in [4.78, 5) is 0. The minimum Gasteiger partial charge on any atom is -0.285 e. The van der Waals surface area contributed by atoms with Gasteiger partial charge >= 0.3 is 13.6 Å². The van der Waals surface area contributed by atoms with Crippen LogP contribution in [0.25, 0.3) is 38.7 Å². The summed E-state index contributed by atoms with van der Waals surface area (Å²) in [6.07, 6.45) is 4.22. The molecule has 4 heterocycles. The Labute approximate surface area is 145 Å². The molecule has 2 aromatic carbocycles. The molecule has 6 rings (SSSR count). The van der Waals surface area contributed by atoms with Gasteiger partial charge in [0.05, 0.1) is 5.39 Å². The van der Waals surface area contributed by atoms with Crippen LogP contribution in [0.2, 0.25) is 0 Å². The Bertz CT molecular complexity index is 1320. The van der Waals surface area contributed by atoms with Gasteiger partial charge in [0.2, 0.25) is 5.52 Å². The van der Waals surface area contributed by atoms with Gasteiger partial charge in [0.15, 0.2) is 5.69 Å². The molecule has 0 N–H and O–H groups in total. The molecule has 0 aliphatic carbocycles. The molecule has 0 atom stereocenters. The second kappa shape index (κ2) is 4.48. The number of fused-ring (bicyclic) bond motifs is 3. The molecular formula is C21H14BN3+2. The maximum Gasteiger partial charge on any atom is 0.586 e. The van der Waals surface area contributed by atoms with Gasteiger partial charge in [-0.05, 0) is 12.1 Å². The second-order valence-electron chi connectivity index (χ2n) is 6.65. The van der Waals surface area contributed by atoms with Crippen molar-refractivity contribution >= 4 is 35.4 Å². The smallest absolute Gasteiger partial charge is 0.285 e. The highest BCUT2D eigenvalue weighted by atomic mass is 15.1. The van der Waals surface area contributed by atoms with E-state index < -0.39 is 0 Å². The highest BCUT2D eigenvalue weighted by Gasteiger charge is 2.34. The van der Waals surface area contributed by atoms with Gasteiger partial charge in [0, 0.05) is 17.2 Å². The standard InChI is InChI=1S/C21H14BN3/c22-25-11-10-15-12-23-18(14-6-2-1-3-7-14)13-24-17-9-5-4-8-16(17)20(25)19(15)21(23)24/h1-11,13H,12H2/q+2. The number of nitrogens with zero attached hydrogens (tertiary/aromatic N) is 3. The van der Waals surface area contributed by atoms with Crippen molar-refractivity contribution in [2.45, 2.75) is 6.54 Å². The lowest BCUT2D eigenvalue weighted by Gasteiger charge is -2.02. The van der Waals surface area contributed by atoms with Crippen molar-refractivity contribution in [1.29, 1.82) is 0 Å². The molecule has 114 valence electrons. The summed E-state index contributed by atoms with van der Waals surface area (Å²) in [6.45, 7) is 0.879. The first-order chi connectivity index (χ1) is 12.3. The van der Waals surface area contributed by atoms with Gasteiger partial charge in [-0.2, -0.15) is 4.40 Å². The molecule has 0 saturated carbocycles. The van der Waals surface area contributed by atoms with E-state index in [1.165, 1.54) is 38.8 Å². The Hall–Kier alpha value is -3.14. The summed E-state index contributed by atoms with van der Waals surface area (Å²) in [7, 11) is 6.32. The zero-order chi connectivity index (χ0) is 16.5. The van der Waals surface area contributed by atoms with Crippen LogP contribution in [-0.4, -0.2) is 12.5 Å². The maximum atomic E-state index is 6.32. The van der Waals surface area contributed by atoms with E-state index in [9.17, 15) is 0 Å². The van der Waals surface area contributed by atoms with Gasteiger partial charge in [-0.3, -0.25) is 4.48 Å². The SMILES string of the molecule is [B][n+]1ccc2c3c1c1ccccc1[n+]1cc(-c4ccccc4)n(c31)C2. The number of benzene rings is 2. The molecule has 3 nitrogen and oxygen atoms in total. The van der Waals surface area contributed by atoms with E-state index in [1.54, 1.807) is 4.48 Å². The first-order valence-corrected chi connectivity index (χ1v) is 8.46. The third-order valence-electron chi connectivity index (χ3n) is 5.32. The van der Waals surface area contributed by atoms with Crippen LogP contribution in [0.5, 0.6) is 0 Å². The summed E-state index contributed by atoms with van der Waals surface area (Å²) >= 11 is 0. The normalized spacial score (nSPS) is 12.8. The first-order valence-electron chi connectivity index (χ1n) is 8.46. The summed E-state index contributed by atoms with van der Waals surface area (Å²) in [6, 6.07) is 21.2. The lowest BCUT2D eigenvalue weighted by Crippen LogP contribution is -2.33. The topological polar surface area (TPSA) is 12.9 Å². The molecule has 5 aromatic rings. The van der Waals surface area contributed by atoms with Crippen molar-refractivity contribution in [3.8, 4) is 11.3 Å². The number of para-hydroxylation sites is 1. The Morgan fingerprint density at radius 1 is 0.920 bits per heavy atom. The lowest BCUT2D eigenvalue weighted by atomic mass is 10.1. The third-order valence-corrected chi connectivity index (χ3v) is 5.32. The summed E-state index contributed by atoms with van der Waals surface area (Å²) in [5.41, 5.74) is 7.30. The largest absolute Gasteiger partial charge is 0.586 e. The number of rotatable bonds is 1. The van der Waals surface area contributed by atoms with E-state index in [4.69, 9.17) is 7.98 Å². The predicted molar refractivity (Wildman–Crippen MR) is 98.5 cm³/mol. The zero-order valence-corrected chi connectivity index (χ0v) is 13.6. The van der Waals surface area contributed by atoms with Crippen LogP contribution in [0.1, 0.15) is 5.56 Å². The van der Waals surface area contributed by atoms with E-state index >= 15 is 0 Å². The van der Waals surface area contributed by atoms with Gasteiger partial charge in [0.1, 0.15) is 29.8 Å². The van der Waals surface area contributed by atoms with E-state index in [2.05, 4.69) is 75.8 Å². The molecule has 3 aromatic heterocycles. The molecule has 0 unspecified atom stereocenters. The van der Waals surface area contributed by atoms with Crippen molar-refractivity contribution < 1.29 is 8.88 Å². The van der Waals surface area contributed by atoms with Gasteiger partial charge in [-0.25, -0.2) is 4.57 Å². The highest BCUT2D eigenvalue weighted by Crippen LogP contribution is 2.35. The Balaban J connectivity index is 1.90. The van der Waals surface area contributed by atoms with Crippen molar-refractivity contribution in [1.82, 2.24) is 4.57 Å². The van der Waals surface area contributed by atoms with Crippen LogP contribution < -0.4 is 8.88 Å². The number of hydrogen-bond donors (Lipinski definition) is 0. The summed E-state index contributed by atoms with van der Waals surface area (Å²) in [5, 5.41) is 2.43. The molecular weight excluding hydrogens is 305 g/mol. The first kappa shape index (κ1) is 13.2. The molecule has 25 heavy (non-hydrogen) atoms. The Kier molecular flexibility index (Phi) is 2.36. The maximum absolute atomic E-state index is 6.32. The highest BCUT2D eigenvalue weighted by molar-refractivity contribution is 6.10. The van der Waals surface area contributed by atoms with E-state index in [-0.39, 0.29) is 0 Å². The number of aromatic nitrogens is 3. The van der Waals surface area contributed by atoms with Crippen LogP contribution in [0.15, 0.2) is 73.1 Å². The lowest BCUT2D eigenvalue weighted by molar-refractivity contribution is -0.494. The van der Waals surface area contributed by atoms with Gasteiger partial charge in [-0.1, -0.05) is 42.5 Å². The average molecular weight is 319 g/mol. The minimum absolute atomic E-state index is 0.879. The van der Waals surface area contributed by atoms with Crippen molar-refractivity contribution in [2.24, 2.45) is 0 Å². The van der Waals surface area contributed by atoms with Crippen LogP contribution in [0.4, 0.5) is 0 Å². The monoisotopic (exact) mass is 319 g/mol. The molecule has 0 saturated heterocycles. The van der Waals surface area contributed by atoms with E-state index in [0.717, 1.165) is 12.1 Å². The molecule has 1 aliphatic rings. The zero-order valence-electron chi connectivity index (χ0n) is 13.6. The fourth-order valence-electron chi connectivity index (χ4n) is 4.25. The summed E-state index contributed by atoms with van der Waals surface area (Å²) in [5.74, 6) is 0. The number of hydrogen-bond acceptors (Lipinski definition) is 0. The predicted octanol–water partition coefficient (Wildman–Crippen LogP) is 2.78. The molecule has 0 bridgehead atoms. The van der Waals surface area contributed by atoms with Crippen LogP contribution in [-0.2, 0) is 6.54 Å².